The molecule has 5 rings (SSSR count). The van der Waals surface area contributed by atoms with Crippen molar-refractivity contribution in [2.45, 2.75) is 11.1 Å². The number of carbonyl (C=O) groups is 1. The van der Waals surface area contributed by atoms with Gasteiger partial charge in [0.05, 0.1) is 17.1 Å². The summed E-state index contributed by atoms with van der Waals surface area (Å²) in [5, 5.41) is 5.64. The lowest BCUT2D eigenvalue weighted by atomic mass is 10.1. The Morgan fingerprint density at radius 2 is 1.76 bits per heavy atom. The van der Waals surface area contributed by atoms with Gasteiger partial charge in [-0.05, 0) is 54.6 Å². The fraction of sp³-hybridized carbons (Fsp3) is 0.333. The number of rotatable bonds is 8. The molecule has 3 heterocycles. The van der Waals surface area contributed by atoms with E-state index in [2.05, 4.69) is 15.6 Å². The van der Waals surface area contributed by atoms with Gasteiger partial charge < -0.3 is 20.3 Å². The maximum Gasteiger partial charge on any atom is 0.416 e. The molecule has 2 aliphatic heterocycles. The van der Waals surface area contributed by atoms with Gasteiger partial charge in [-0.3, -0.25) is 4.79 Å². The van der Waals surface area contributed by atoms with E-state index < -0.39 is 21.8 Å². The first-order valence-electron chi connectivity index (χ1n) is 12.8. The Morgan fingerprint density at radius 1 is 1.05 bits per heavy atom. The Bertz CT molecular complexity index is 1510. The number of ether oxygens (including phenoxy) is 1. The van der Waals surface area contributed by atoms with Crippen LogP contribution in [-0.2, 0) is 16.2 Å². The lowest BCUT2D eigenvalue weighted by Crippen LogP contribution is -2.49. The number of sulfonamides is 1. The standard InChI is InChI=1S/C27H27ClF3N5O4S/c28-24-13-20(27(29,30)31)14-25(34-24)35-8-10-36(11-9-35)41(38,39)23-6-4-21(5-7-23)33-26(37)19-2-1-3-22(12-19)40-17-18-15-32-16-18/h1-7,12-14,18,32H,8-11,15-17H2,(H,33,37). The van der Waals surface area contributed by atoms with Crippen LogP contribution in [0.2, 0.25) is 5.15 Å². The van der Waals surface area contributed by atoms with Crippen LogP contribution in [0.15, 0.2) is 65.6 Å². The fourth-order valence-electron chi connectivity index (χ4n) is 4.44. The smallest absolute Gasteiger partial charge is 0.416 e. The molecular weight excluding hydrogens is 583 g/mol. The minimum absolute atomic E-state index is 0.0325. The third kappa shape index (κ3) is 6.92. The van der Waals surface area contributed by atoms with Gasteiger partial charge in [-0.25, -0.2) is 13.4 Å². The number of carbonyl (C=O) groups excluding carboxylic acids is 1. The van der Waals surface area contributed by atoms with E-state index in [9.17, 15) is 26.4 Å². The first kappa shape index (κ1) is 29.1. The van der Waals surface area contributed by atoms with Crippen molar-refractivity contribution in [3.63, 3.8) is 0 Å². The number of aromatic nitrogens is 1. The molecule has 2 fully saturated rings. The largest absolute Gasteiger partial charge is 0.493 e. The maximum absolute atomic E-state index is 13.2. The van der Waals surface area contributed by atoms with E-state index in [1.54, 1.807) is 29.2 Å². The Hall–Kier alpha value is -3.39. The molecule has 14 heteroatoms. The maximum atomic E-state index is 13.2. The SMILES string of the molecule is O=C(Nc1ccc(S(=O)(=O)N2CCN(c3cc(C(F)(F)F)cc(Cl)n3)CC2)cc1)c1cccc(OCC2CNC2)c1. The third-order valence-electron chi connectivity index (χ3n) is 6.87. The minimum atomic E-state index is -4.58. The minimum Gasteiger partial charge on any atom is -0.493 e. The Labute approximate surface area is 240 Å². The van der Waals surface area contributed by atoms with Crippen molar-refractivity contribution >= 4 is 39.0 Å². The molecule has 0 radical (unpaired) electrons. The van der Waals surface area contributed by atoms with E-state index in [1.807, 2.05) is 0 Å². The summed E-state index contributed by atoms with van der Waals surface area (Å²) in [6.07, 6.45) is -4.58. The second kappa shape index (κ2) is 11.8. The van der Waals surface area contributed by atoms with Crippen molar-refractivity contribution in [3.8, 4) is 5.75 Å². The van der Waals surface area contributed by atoms with Gasteiger partial charge in [-0.2, -0.15) is 17.5 Å². The summed E-state index contributed by atoms with van der Waals surface area (Å²) in [6.45, 7) is 2.76. The average molecular weight is 610 g/mol. The van der Waals surface area contributed by atoms with Gasteiger partial charge in [-0.15, -0.1) is 0 Å². The fourth-order valence-corrected chi connectivity index (χ4v) is 6.06. The zero-order chi connectivity index (χ0) is 29.2. The molecule has 1 aromatic heterocycles. The molecular formula is C27H27ClF3N5O4S. The Kier molecular flexibility index (Phi) is 8.41. The summed E-state index contributed by atoms with van der Waals surface area (Å²) in [7, 11) is -3.87. The Morgan fingerprint density at radius 3 is 2.39 bits per heavy atom. The highest BCUT2D eigenvalue weighted by molar-refractivity contribution is 7.89. The lowest BCUT2D eigenvalue weighted by Gasteiger charge is -2.35. The van der Waals surface area contributed by atoms with Crippen LogP contribution in [0.5, 0.6) is 5.75 Å². The topological polar surface area (TPSA) is 104 Å². The molecule has 0 saturated carbocycles. The number of anilines is 2. The van der Waals surface area contributed by atoms with Crippen molar-refractivity contribution in [1.82, 2.24) is 14.6 Å². The van der Waals surface area contributed by atoms with E-state index in [0.717, 1.165) is 25.2 Å². The van der Waals surface area contributed by atoms with Gasteiger partial charge in [0.25, 0.3) is 5.91 Å². The van der Waals surface area contributed by atoms with E-state index >= 15 is 0 Å². The predicted octanol–water partition coefficient (Wildman–Crippen LogP) is 4.12. The summed E-state index contributed by atoms with van der Waals surface area (Å²) < 4.78 is 73.0. The monoisotopic (exact) mass is 609 g/mol. The molecule has 0 spiro atoms. The highest BCUT2D eigenvalue weighted by Crippen LogP contribution is 2.33. The number of hydrogen-bond acceptors (Lipinski definition) is 7. The van der Waals surface area contributed by atoms with Gasteiger partial charge >= 0.3 is 6.18 Å². The van der Waals surface area contributed by atoms with Crippen LogP contribution < -0.4 is 20.3 Å². The number of halogens is 4. The van der Waals surface area contributed by atoms with Gasteiger partial charge in [0, 0.05) is 56.4 Å². The molecule has 2 saturated heterocycles. The normalized spacial score (nSPS) is 16.7. The van der Waals surface area contributed by atoms with Gasteiger partial charge in [0.2, 0.25) is 10.0 Å². The van der Waals surface area contributed by atoms with Gasteiger partial charge in [0.15, 0.2) is 0 Å². The van der Waals surface area contributed by atoms with Crippen LogP contribution in [0, 0.1) is 5.92 Å². The zero-order valence-electron chi connectivity index (χ0n) is 21.7. The van der Waals surface area contributed by atoms with Gasteiger partial charge in [-0.1, -0.05) is 17.7 Å². The molecule has 9 nitrogen and oxygen atoms in total. The number of hydrogen-bond donors (Lipinski definition) is 2. The lowest BCUT2D eigenvalue weighted by molar-refractivity contribution is -0.137. The molecule has 0 bridgehead atoms. The second-order valence-electron chi connectivity index (χ2n) is 9.77. The highest BCUT2D eigenvalue weighted by atomic mass is 35.5. The summed E-state index contributed by atoms with van der Waals surface area (Å²) in [6, 6.07) is 14.3. The quantitative estimate of drug-likeness (QED) is 0.371. The molecule has 218 valence electrons. The number of pyridine rings is 1. The van der Waals surface area contributed by atoms with Crippen LogP contribution in [0.4, 0.5) is 24.7 Å². The number of piperazine rings is 1. The van der Waals surface area contributed by atoms with Crippen molar-refractivity contribution in [2.24, 2.45) is 5.92 Å². The van der Waals surface area contributed by atoms with Crippen LogP contribution in [0.25, 0.3) is 0 Å². The van der Waals surface area contributed by atoms with E-state index in [-0.39, 0.29) is 48.0 Å². The van der Waals surface area contributed by atoms with Crippen molar-refractivity contribution in [1.29, 1.82) is 0 Å². The third-order valence-corrected chi connectivity index (χ3v) is 8.97. The summed E-state index contributed by atoms with van der Waals surface area (Å²) >= 11 is 5.79. The molecule has 0 unspecified atom stereocenters. The average Bonchev–Trinajstić information content (AvgIpc) is 2.92. The van der Waals surface area contributed by atoms with Crippen LogP contribution in [-0.4, -0.2) is 69.5 Å². The van der Waals surface area contributed by atoms with E-state index in [0.29, 0.717) is 29.5 Å². The summed E-state index contributed by atoms with van der Waals surface area (Å²) in [4.78, 5) is 18.3. The number of benzene rings is 2. The summed E-state index contributed by atoms with van der Waals surface area (Å²) in [5.41, 5.74) is -0.101. The first-order chi connectivity index (χ1) is 19.5. The summed E-state index contributed by atoms with van der Waals surface area (Å²) in [5.74, 6) is 0.723. The van der Waals surface area contributed by atoms with Gasteiger partial charge in [0.1, 0.15) is 16.7 Å². The second-order valence-corrected chi connectivity index (χ2v) is 12.1. The van der Waals surface area contributed by atoms with Crippen LogP contribution in [0.3, 0.4) is 0 Å². The molecule has 2 aliphatic rings. The van der Waals surface area contributed by atoms with Crippen LogP contribution >= 0.6 is 11.6 Å². The molecule has 0 aliphatic carbocycles. The molecule has 1 amide bonds. The molecule has 41 heavy (non-hydrogen) atoms. The molecule has 3 aromatic rings. The number of alkyl halides is 3. The molecule has 0 atom stereocenters. The number of nitrogens with zero attached hydrogens (tertiary/aromatic N) is 3. The van der Waals surface area contributed by atoms with Crippen LogP contribution in [0.1, 0.15) is 15.9 Å². The highest BCUT2D eigenvalue weighted by Gasteiger charge is 2.33. The van der Waals surface area contributed by atoms with Crippen molar-refractivity contribution in [2.75, 3.05) is 56.1 Å². The molecule has 2 aromatic carbocycles. The number of amides is 1. The Balaban J connectivity index is 1.19. The first-order valence-corrected chi connectivity index (χ1v) is 14.7. The number of nitrogens with one attached hydrogen (secondary N) is 2. The van der Waals surface area contributed by atoms with Crippen molar-refractivity contribution < 1.29 is 31.1 Å². The zero-order valence-corrected chi connectivity index (χ0v) is 23.3. The van der Waals surface area contributed by atoms with E-state index in [4.69, 9.17) is 16.3 Å². The predicted molar refractivity (Wildman–Crippen MR) is 148 cm³/mol. The van der Waals surface area contributed by atoms with Crippen molar-refractivity contribution in [3.05, 3.63) is 76.9 Å². The van der Waals surface area contributed by atoms with E-state index in [1.165, 1.54) is 28.6 Å². The molecule has 2 N–H and O–H groups in total.